The van der Waals surface area contributed by atoms with Crippen molar-refractivity contribution in [1.82, 2.24) is 15.5 Å². The lowest BCUT2D eigenvalue weighted by molar-refractivity contribution is 0.181. The van der Waals surface area contributed by atoms with Crippen molar-refractivity contribution in [2.75, 3.05) is 39.4 Å². The molecule has 0 aromatic rings. The number of hydrogen-bond acceptors (Lipinski definition) is 3. The van der Waals surface area contributed by atoms with E-state index in [0.717, 1.165) is 39.2 Å². The normalized spacial score (nSPS) is 37.8. The smallest absolute Gasteiger partial charge is 0.317 e. The highest BCUT2D eigenvalue weighted by molar-refractivity contribution is 5.75. The number of nitrogens with zero attached hydrogens (tertiary/aromatic N) is 1. The van der Waals surface area contributed by atoms with E-state index in [2.05, 4.69) is 10.6 Å². The Kier molecular flexibility index (Phi) is 2.73. The first-order valence-electron chi connectivity index (χ1n) is 6.17. The summed E-state index contributed by atoms with van der Waals surface area (Å²) < 4.78 is 5.25. The van der Waals surface area contributed by atoms with Crippen LogP contribution in [0.3, 0.4) is 0 Å². The molecule has 2 amide bonds. The third-order valence-electron chi connectivity index (χ3n) is 3.93. The summed E-state index contributed by atoms with van der Waals surface area (Å²) >= 11 is 0. The molecule has 3 atom stereocenters. The number of ether oxygens (including phenoxy) is 1. The Bertz CT molecular complexity index is 266. The Morgan fingerprint density at radius 1 is 1.31 bits per heavy atom. The number of hydrogen-bond donors (Lipinski definition) is 2. The second-order valence-electron chi connectivity index (χ2n) is 5.09. The van der Waals surface area contributed by atoms with Gasteiger partial charge in [0, 0.05) is 32.8 Å². The van der Waals surface area contributed by atoms with Crippen molar-refractivity contribution in [3.8, 4) is 0 Å². The molecule has 5 nitrogen and oxygen atoms in total. The van der Waals surface area contributed by atoms with Gasteiger partial charge in [-0.15, -0.1) is 0 Å². The maximum Gasteiger partial charge on any atom is 0.317 e. The molecule has 0 saturated carbocycles. The van der Waals surface area contributed by atoms with Gasteiger partial charge in [0.2, 0.25) is 0 Å². The highest BCUT2D eigenvalue weighted by atomic mass is 16.5. The maximum absolute atomic E-state index is 12.0. The maximum atomic E-state index is 12.0. The van der Waals surface area contributed by atoms with Crippen LogP contribution in [0, 0.1) is 11.8 Å². The van der Waals surface area contributed by atoms with Crippen LogP contribution < -0.4 is 10.6 Å². The fourth-order valence-corrected chi connectivity index (χ4v) is 2.94. The number of rotatable bonds is 1. The van der Waals surface area contributed by atoms with Crippen LogP contribution in [0.1, 0.15) is 6.42 Å². The van der Waals surface area contributed by atoms with Gasteiger partial charge in [-0.3, -0.25) is 0 Å². The van der Waals surface area contributed by atoms with Gasteiger partial charge in [0.15, 0.2) is 0 Å². The summed E-state index contributed by atoms with van der Waals surface area (Å²) in [5.74, 6) is 1.34. The number of carbonyl (C=O) groups is 1. The highest BCUT2D eigenvalue weighted by Gasteiger charge is 2.38. The third kappa shape index (κ3) is 1.89. The Hall–Kier alpha value is -0.810. The lowest BCUT2D eigenvalue weighted by atomic mass is 10.0. The molecule has 5 heteroatoms. The summed E-state index contributed by atoms with van der Waals surface area (Å²) in [7, 11) is 0. The predicted molar refractivity (Wildman–Crippen MR) is 59.2 cm³/mol. The standard InChI is InChI=1S/C11H19N3O2/c15-11(13-10-1-2-16-7-10)14-5-8-3-12-4-9(8)6-14/h8-10,12H,1-7H2,(H,13,15). The van der Waals surface area contributed by atoms with Crippen molar-refractivity contribution in [1.29, 1.82) is 0 Å². The average molecular weight is 225 g/mol. The second-order valence-corrected chi connectivity index (χ2v) is 5.09. The minimum absolute atomic E-state index is 0.102. The molecule has 90 valence electrons. The fraction of sp³-hybridized carbons (Fsp3) is 0.909. The van der Waals surface area contributed by atoms with Gasteiger partial charge in [0.25, 0.3) is 0 Å². The molecule has 3 aliphatic rings. The van der Waals surface area contributed by atoms with E-state index < -0.39 is 0 Å². The van der Waals surface area contributed by atoms with E-state index in [1.807, 2.05) is 4.90 Å². The fourth-order valence-electron chi connectivity index (χ4n) is 2.94. The number of nitrogens with one attached hydrogen (secondary N) is 2. The Morgan fingerprint density at radius 2 is 2.06 bits per heavy atom. The van der Waals surface area contributed by atoms with Crippen LogP contribution in [0.25, 0.3) is 0 Å². The molecule has 0 bridgehead atoms. The lowest BCUT2D eigenvalue weighted by Crippen LogP contribution is -2.45. The number of likely N-dealkylation sites (tertiary alicyclic amines) is 1. The second kappa shape index (κ2) is 4.22. The summed E-state index contributed by atoms with van der Waals surface area (Å²) in [4.78, 5) is 13.9. The van der Waals surface area contributed by atoms with E-state index in [-0.39, 0.29) is 12.1 Å². The minimum atomic E-state index is 0.102. The molecule has 0 aliphatic carbocycles. The van der Waals surface area contributed by atoms with Crippen LogP contribution in [0.15, 0.2) is 0 Å². The van der Waals surface area contributed by atoms with Gasteiger partial charge in [0.05, 0.1) is 12.6 Å². The van der Waals surface area contributed by atoms with E-state index in [0.29, 0.717) is 18.4 Å². The van der Waals surface area contributed by atoms with E-state index in [1.165, 1.54) is 0 Å². The molecule has 3 unspecified atom stereocenters. The van der Waals surface area contributed by atoms with Gasteiger partial charge in [-0.2, -0.15) is 0 Å². The number of carbonyl (C=O) groups excluding carboxylic acids is 1. The van der Waals surface area contributed by atoms with Gasteiger partial charge in [-0.05, 0) is 18.3 Å². The molecule has 3 rings (SSSR count). The van der Waals surface area contributed by atoms with Crippen LogP contribution in [-0.4, -0.2) is 56.4 Å². The summed E-state index contributed by atoms with van der Waals surface area (Å²) in [6, 6.07) is 0.330. The van der Waals surface area contributed by atoms with Crippen LogP contribution in [0.5, 0.6) is 0 Å². The topological polar surface area (TPSA) is 53.6 Å². The molecule has 3 aliphatic heterocycles. The summed E-state index contributed by atoms with van der Waals surface area (Å²) in [5, 5.41) is 6.43. The number of urea groups is 1. The van der Waals surface area contributed by atoms with Gasteiger partial charge < -0.3 is 20.3 Å². The first kappa shape index (κ1) is 10.4. The summed E-state index contributed by atoms with van der Waals surface area (Å²) in [6.07, 6.45) is 0.952. The molecule has 2 N–H and O–H groups in total. The first-order chi connectivity index (χ1) is 7.83. The lowest BCUT2D eigenvalue weighted by Gasteiger charge is -2.20. The van der Waals surface area contributed by atoms with Gasteiger partial charge in [0.1, 0.15) is 0 Å². The molecule has 0 radical (unpaired) electrons. The van der Waals surface area contributed by atoms with E-state index >= 15 is 0 Å². The largest absolute Gasteiger partial charge is 0.379 e. The monoisotopic (exact) mass is 225 g/mol. The van der Waals surface area contributed by atoms with Crippen LogP contribution >= 0.6 is 0 Å². The number of fused-ring (bicyclic) bond motifs is 1. The molecular weight excluding hydrogens is 206 g/mol. The van der Waals surface area contributed by atoms with E-state index in [4.69, 9.17) is 4.74 Å². The van der Waals surface area contributed by atoms with Gasteiger partial charge in [-0.1, -0.05) is 0 Å². The van der Waals surface area contributed by atoms with Gasteiger partial charge >= 0.3 is 6.03 Å². The zero-order valence-electron chi connectivity index (χ0n) is 9.45. The van der Waals surface area contributed by atoms with Crippen LogP contribution in [-0.2, 0) is 4.74 Å². The van der Waals surface area contributed by atoms with E-state index in [1.54, 1.807) is 0 Å². The molecular formula is C11H19N3O2. The van der Waals surface area contributed by atoms with E-state index in [9.17, 15) is 4.79 Å². The SMILES string of the molecule is O=C(NC1CCOC1)N1CC2CNCC2C1. The number of amides is 2. The molecule has 0 aromatic carbocycles. The average Bonchev–Trinajstić information content (AvgIpc) is 2.91. The molecule has 3 heterocycles. The molecule has 0 aromatic heterocycles. The Morgan fingerprint density at radius 3 is 2.69 bits per heavy atom. The van der Waals surface area contributed by atoms with Crippen LogP contribution in [0.2, 0.25) is 0 Å². The zero-order valence-corrected chi connectivity index (χ0v) is 9.45. The Balaban J connectivity index is 1.51. The van der Waals surface area contributed by atoms with Crippen molar-refractivity contribution in [2.24, 2.45) is 11.8 Å². The first-order valence-corrected chi connectivity index (χ1v) is 6.17. The van der Waals surface area contributed by atoms with Crippen molar-refractivity contribution < 1.29 is 9.53 Å². The highest BCUT2D eigenvalue weighted by Crippen LogP contribution is 2.26. The van der Waals surface area contributed by atoms with Gasteiger partial charge in [-0.25, -0.2) is 4.79 Å². The summed E-state index contributed by atoms with van der Waals surface area (Å²) in [5.41, 5.74) is 0. The summed E-state index contributed by atoms with van der Waals surface area (Å²) in [6.45, 7) is 5.42. The van der Waals surface area contributed by atoms with Crippen molar-refractivity contribution in [3.63, 3.8) is 0 Å². The molecule has 3 fully saturated rings. The Labute approximate surface area is 95.5 Å². The van der Waals surface area contributed by atoms with Crippen molar-refractivity contribution in [2.45, 2.75) is 12.5 Å². The predicted octanol–water partition coefficient (Wildman–Crippen LogP) is -0.364. The zero-order chi connectivity index (χ0) is 11.0. The molecule has 0 spiro atoms. The molecule has 16 heavy (non-hydrogen) atoms. The minimum Gasteiger partial charge on any atom is -0.379 e. The van der Waals surface area contributed by atoms with Crippen molar-refractivity contribution in [3.05, 3.63) is 0 Å². The quantitative estimate of drug-likeness (QED) is 0.640. The van der Waals surface area contributed by atoms with Crippen molar-refractivity contribution >= 4 is 6.03 Å². The van der Waals surface area contributed by atoms with Crippen LogP contribution in [0.4, 0.5) is 4.79 Å². The third-order valence-corrected chi connectivity index (χ3v) is 3.93. The molecule has 3 saturated heterocycles.